The summed E-state index contributed by atoms with van der Waals surface area (Å²) >= 11 is 5.78. The van der Waals surface area contributed by atoms with Crippen molar-refractivity contribution in [1.29, 1.82) is 0 Å². The molecule has 1 nitrogen and oxygen atoms in total. The third-order valence-electron chi connectivity index (χ3n) is 1.30. The lowest BCUT2D eigenvalue weighted by molar-refractivity contribution is 1.46. The van der Waals surface area contributed by atoms with Crippen LogP contribution in [0, 0.1) is 4.51 Å². The Morgan fingerprint density at radius 1 is 1.45 bits per heavy atom. The molecule has 1 atom stereocenters. The predicted molar refractivity (Wildman–Crippen MR) is 52.5 cm³/mol. The molecule has 0 N–H and O–H groups in total. The van der Waals surface area contributed by atoms with Crippen molar-refractivity contribution in [3.8, 4) is 0 Å². The summed E-state index contributed by atoms with van der Waals surface area (Å²) in [6.45, 7) is 0. The van der Waals surface area contributed by atoms with Crippen molar-refractivity contribution in [2.24, 2.45) is 4.40 Å². The Balaban J connectivity index is 2.91. The predicted octanol–water partition coefficient (Wildman–Crippen LogP) is 3.21. The van der Waals surface area contributed by atoms with Gasteiger partial charge in [0.05, 0.1) is 20.8 Å². The van der Waals surface area contributed by atoms with Crippen LogP contribution in [-0.2, 0) is 0 Å². The fourth-order valence-electron chi connectivity index (χ4n) is 0.805. The normalized spacial score (nSPS) is 21.1. The minimum absolute atomic E-state index is 0.320. The third-order valence-corrected chi connectivity index (χ3v) is 4.77. The summed E-state index contributed by atoms with van der Waals surface area (Å²) in [6.07, 6.45) is 0. The van der Waals surface area contributed by atoms with Crippen molar-refractivity contribution >= 4 is 42.0 Å². The maximum absolute atomic E-state index is 5.95. The summed E-state index contributed by atoms with van der Waals surface area (Å²) in [7, 11) is 7.03. The molecular formula is C6H3Cl2NS2. The lowest BCUT2D eigenvalue weighted by Crippen LogP contribution is -1.96. The van der Waals surface area contributed by atoms with Crippen molar-refractivity contribution < 1.29 is 0 Å². The van der Waals surface area contributed by atoms with Crippen LogP contribution in [0.4, 0.5) is 0 Å². The quantitative estimate of drug-likeness (QED) is 0.374. The topological polar surface area (TPSA) is 12.4 Å². The van der Waals surface area contributed by atoms with Crippen LogP contribution in [0.5, 0.6) is 0 Å². The molecule has 0 bridgehead atoms. The first-order valence-corrected chi connectivity index (χ1v) is 6.58. The molecule has 5 heteroatoms. The zero-order chi connectivity index (χ0) is 7.84. The van der Waals surface area contributed by atoms with Crippen LogP contribution in [0.2, 0.25) is 5.02 Å². The molecule has 0 fully saturated rings. The Labute approximate surface area is 79.4 Å². The molecule has 1 aliphatic heterocycles. The van der Waals surface area contributed by atoms with Gasteiger partial charge in [0, 0.05) is 5.02 Å². The van der Waals surface area contributed by atoms with Gasteiger partial charge in [-0.1, -0.05) is 11.6 Å². The summed E-state index contributed by atoms with van der Waals surface area (Å²) in [6, 6.07) is 5.58. The molecule has 0 aliphatic carbocycles. The van der Waals surface area contributed by atoms with Crippen molar-refractivity contribution in [3.63, 3.8) is 0 Å². The Morgan fingerprint density at radius 2 is 2.27 bits per heavy atom. The highest BCUT2D eigenvalue weighted by Crippen LogP contribution is 2.41. The molecule has 2 rings (SSSR count). The highest BCUT2D eigenvalue weighted by molar-refractivity contribution is 8.89. The Hall–Kier alpha value is 0.300. The monoisotopic (exact) mass is 223 g/mol. The van der Waals surface area contributed by atoms with Crippen LogP contribution in [0.1, 0.15) is 0 Å². The van der Waals surface area contributed by atoms with Crippen LogP contribution in [0.25, 0.3) is 0 Å². The molecule has 0 amide bonds. The van der Waals surface area contributed by atoms with Gasteiger partial charge in [-0.2, -0.15) is 0 Å². The molecule has 1 unspecified atom stereocenters. The van der Waals surface area contributed by atoms with Crippen LogP contribution in [0.3, 0.4) is 0 Å². The lowest BCUT2D eigenvalue weighted by atomic mass is 10.3. The van der Waals surface area contributed by atoms with E-state index >= 15 is 0 Å². The summed E-state index contributed by atoms with van der Waals surface area (Å²) < 4.78 is 5.21. The summed E-state index contributed by atoms with van der Waals surface area (Å²) in [5.74, 6) is 0. The fraction of sp³-hybridized carbons (Fsp3) is 0. The summed E-state index contributed by atoms with van der Waals surface area (Å²) in [5, 5.41) is 1.68. The molecule has 11 heavy (non-hydrogen) atoms. The van der Waals surface area contributed by atoms with Gasteiger partial charge in [0.25, 0.3) is 0 Å². The zero-order valence-electron chi connectivity index (χ0n) is 5.25. The Kier molecular flexibility index (Phi) is 2.14. The molecule has 0 saturated heterocycles. The van der Waals surface area contributed by atoms with E-state index in [2.05, 4.69) is 4.40 Å². The maximum Gasteiger partial charge on any atom is 0.0872 e. The first-order valence-electron chi connectivity index (χ1n) is 2.86. The number of rotatable bonds is 0. The molecule has 1 aromatic rings. The van der Waals surface area contributed by atoms with E-state index in [4.69, 9.17) is 22.3 Å². The number of halogens is 2. The minimum Gasteiger partial charge on any atom is -0.203 e. The van der Waals surface area contributed by atoms with E-state index in [0.717, 1.165) is 14.9 Å². The maximum atomic E-state index is 5.95. The van der Waals surface area contributed by atoms with Gasteiger partial charge in [-0.25, -0.2) is 4.40 Å². The second-order valence-electron chi connectivity index (χ2n) is 2.00. The van der Waals surface area contributed by atoms with Crippen molar-refractivity contribution in [2.75, 3.05) is 0 Å². The third kappa shape index (κ3) is 1.43. The van der Waals surface area contributed by atoms with Gasteiger partial charge >= 0.3 is 0 Å². The van der Waals surface area contributed by atoms with Crippen molar-refractivity contribution in [2.45, 2.75) is 0 Å². The van der Waals surface area contributed by atoms with Gasteiger partial charge in [0.15, 0.2) is 0 Å². The number of benzene rings is 1. The van der Waals surface area contributed by atoms with E-state index in [-0.39, 0.29) is 8.73 Å². The molecule has 1 aliphatic rings. The average Bonchev–Trinajstić information content (AvgIpc) is 2.33. The first-order chi connectivity index (χ1) is 5.27. The van der Waals surface area contributed by atoms with E-state index in [1.807, 2.05) is 18.2 Å². The molecule has 0 saturated carbocycles. The van der Waals surface area contributed by atoms with Crippen LogP contribution in [0.15, 0.2) is 22.6 Å². The van der Waals surface area contributed by atoms with E-state index in [1.165, 1.54) is 11.0 Å². The zero-order valence-corrected chi connectivity index (χ0v) is 8.40. The Bertz CT molecular complexity index is 415. The number of hydrogen-bond acceptors (Lipinski definition) is 2. The van der Waals surface area contributed by atoms with Crippen LogP contribution in [-0.4, -0.2) is 0 Å². The summed E-state index contributed by atoms with van der Waals surface area (Å²) in [5.41, 5.74) is 0. The summed E-state index contributed by atoms with van der Waals surface area (Å²) in [4.78, 5) is 0. The van der Waals surface area contributed by atoms with Crippen molar-refractivity contribution in [1.82, 2.24) is 0 Å². The second-order valence-corrected chi connectivity index (χ2v) is 6.58. The number of hydrogen-bond donors (Lipinski definition) is 0. The molecular weight excluding hydrogens is 221 g/mol. The highest BCUT2D eigenvalue weighted by Gasteiger charge is 2.03. The SMILES string of the molecule is Clc1ccc2c(c1)=S(Cl)SN=2. The minimum atomic E-state index is -0.320. The Morgan fingerprint density at radius 3 is 3.09 bits per heavy atom. The largest absolute Gasteiger partial charge is 0.203 e. The van der Waals surface area contributed by atoms with E-state index in [0.29, 0.717) is 0 Å². The molecule has 0 spiro atoms. The van der Waals surface area contributed by atoms with Gasteiger partial charge in [-0.3, -0.25) is 0 Å². The smallest absolute Gasteiger partial charge is 0.0872 e. The second kappa shape index (κ2) is 2.98. The first kappa shape index (κ1) is 7.92. The number of nitrogens with zero attached hydrogens (tertiary/aromatic N) is 1. The van der Waals surface area contributed by atoms with Gasteiger partial charge in [0.1, 0.15) is 0 Å². The van der Waals surface area contributed by atoms with Crippen LogP contribution < -0.4 is 5.36 Å². The fourth-order valence-corrected chi connectivity index (χ4v) is 3.69. The lowest BCUT2D eigenvalue weighted by Gasteiger charge is -1.86. The average molecular weight is 224 g/mol. The van der Waals surface area contributed by atoms with Gasteiger partial charge in [-0.15, -0.1) is 0 Å². The standard InChI is InChI=1S/C6H3Cl2NS2/c7-4-1-2-5-6(3-4)11(8)10-9-5/h1-3H. The molecule has 0 aromatic heterocycles. The molecule has 0 radical (unpaired) electrons. The van der Waals surface area contributed by atoms with Crippen LogP contribution >= 0.6 is 42.0 Å². The van der Waals surface area contributed by atoms with Crippen molar-refractivity contribution in [3.05, 3.63) is 33.1 Å². The molecule has 58 valence electrons. The van der Waals surface area contributed by atoms with E-state index in [9.17, 15) is 0 Å². The van der Waals surface area contributed by atoms with E-state index < -0.39 is 0 Å². The highest BCUT2D eigenvalue weighted by atomic mass is 35.7. The van der Waals surface area contributed by atoms with Gasteiger partial charge in [-0.05, 0) is 37.6 Å². The molecule has 1 aromatic carbocycles. The molecule has 1 heterocycles. The van der Waals surface area contributed by atoms with Gasteiger partial charge in [0.2, 0.25) is 0 Å². The van der Waals surface area contributed by atoms with Gasteiger partial charge < -0.3 is 0 Å². The van der Waals surface area contributed by atoms with E-state index in [1.54, 1.807) is 0 Å². The number of fused-ring (bicyclic) bond motifs is 1.